The number of sulfonamides is 1. The monoisotopic (exact) mass is 447 g/mol. The van der Waals surface area contributed by atoms with Gasteiger partial charge in [-0.15, -0.1) is 0 Å². The third-order valence-electron chi connectivity index (χ3n) is 4.47. The second-order valence-corrected chi connectivity index (χ2v) is 8.41. The number of ether oxygens (including phenoxy) is 1. The Bertz CT molecular complexity index is 1260. The molecule has 3 aromatic carbocycles. The molecule has 1 amide bonds. The number of methoxy groups -OCH3 is 1. The van der Waals surface area contributed by atoms with Crippen LogP contribution in [0.3, 0.4) is 0 Å². The highest BCUT2D eigenvalue weighted by Gasteiger charge is 2.16. The molecule has 0 radical (unpaired) electrons. The van der Waals surface area contributed by atoms with E-state index in [9.17, 15) is 13.2 Å². The van der Waals surface area contributed by atoms with Crippen molar-refractivity contribution in [1.82, 2.24) is 0 Å². The Kier molecular flexibility index (Phi) is 7.26. The number of benzene rings is 3. The van der Waals surface area contributed by atoms with Crippen LogP contribution in [-0.2, 0) is 21.2 Å². The lowest BCUT2D eigenvalue weighted by atomic mass is 10.1. The van der Waals surface area contributed by atoms with Crippen molar-refractivity contribution in [3.63, 3.8) is 0 Å². The summed E-state index contributed by atoms with van der Waals surface area (Å²) in [7, 11) is -2.33. The SMILES string of the molecule is COc1ccccc1NS(=O)(=O)c1ccc(/C=C/C(=O)Nc2ccc(CC#N)cc2)cc1. The molecule has 7 nitrogen and oxygen atoms in total. The predicted octanol–water partition coefficient (Wildman–Crippen LogP) is 4.21. The summed E-state index contributed by atoms with van der Waals surface area (Å²) in [4.78, 5) is 12.2. The fourth-order valence-electron chi connectivity index (χ4n) is 2.84. The highest BCUT2D eigenvalue weighted by molar-refractivity contribution is 7.92. The summed E-state index contributed by atoms with van der Waals surface area (Å²) < 4.78 is 33.0. The first-order valence-electron chi connectivity index (χ1n) is 9.62. The Hall–Kier alpha value is -4.09. The maximum absolute atomic E-state index is 12.6. The lowest BCUT2D eigenvalue weighted by Crippen LogP contribution is -2.13. The van der Waals surface area contributed by atoms with E-state index in [-0.39, 0.29) is 10.8 Å². The van der Waals surface area contributed by atoms with Crippen LogP contribution in [0.25, 0.3) is 6.08 Å². The van der Waals surface area contributed by atoms with E-state index in [2.05, 4.69) is 16.1 Å². The molecule has 0 fully saturated rings. The zero-order chi connectivity index (χ0) is 23.0. The molecule has 2 N–H and O–H groups in total. The Morgan fingerprint density at radius 3 is 2.38 bits per heavy atom. The highest BCUT2D eigenvalue weighted by Crippen LogP contribution is 2.26. The largest absolute Gasteiger partial charge is 0.495 e. The van der Waals surface area contributed by atoms with Crippen molar-refractivity contribution >= 4 is 33.4 Å². The van der Waals surface area contributed by atoms with Crippen LogP contribution < -0.4 is 14.8 Å². The van der Waals surface area contributed by atoms with E-state index in [1.54, 1.807) is 66.7 Å². The summed E-state index contributed by atoms with van der Waals surface area (Å²) in [5.74, 6) is 0.0916. The Morgan fingerprint density at radius 2 is 1.72 bits per heavy atom. The summed E-state index contributed by atoms with van der Waals surface area (Å²) in [5, 5.41) is 11.4. The van der Waals surface area contributed by atoms with Crippen LogP contribution in [0.15, 0.2) is 83.8 Å². The van der Waals surface area contributed by atoms with E-state index in [0.717, 1.165) is 5.56 Å². The van der Waals surface area contributed by atoms with Crippen molar-refractivity contribution in [2.75, 3.05) is 17.1 Å². The highest BCUT2D eigenvalue weighted by atomic mass is 32.2. The van der Waals surface area contributed by atoms with Gasteiger partial charge in [0.25, 0.3) is 10.0 Å². The Balaban J connectivity index is 1.64. The molecule has 0 saturated heterocycles. The van der Waals surface area contributed by atoms with E-state index < -0.39 is 10.0 Å². The summed E-state index contributed by atoms with van der Waals surface area (Å²) >= 11 is 0. The minimum atomic E-state index is -3.80. The topological polar surface area (TPSA) is 108 Å². The fourth-order valence-corrected chi connectivity index (χ4v) is 3.91. The van der Waals surface area contributed by atoms with Crippen LogP contribution in [0.2, 0.25) is 0 Å². The molecular weight excluding hydrogens is 426 g/mol. The average molecular weight is 448 g/mol. The van der Waals surface area contributed by atoms with Gasteiger partial charge in [-0.05, 0) is 53.6 Å². The first-order chi connectivity index (χ1) is 15.4. The number of carbonyl (C=O) groups is 1. The minimum Gasteiger partial charge on any atom is -0.495 e. The van der Waals surface area contributed by atoms with E-state index >= 15 is 0 Å². The zero-order valence-corrected chi connectivity index (χ0v) is 18.1. The molecule has 8 heteroatoms. The van der Waals surface area contributed by atoms with Crippen molar-refractivity contribution < 1.29 is 17.9 Å². The van der Waals surface area contributed by atoms with Gasteiger partial charge >= 0.3 is 0 Å². The normalized spacial score (nSPS) is 11.0. The van der Waals surface area contributed by atoms with Gasteiger partial charge < -0.3 is 10.1 Å². The zero-order valence-electron chi connectivity index (χ0n) is 17.3. The van der Waals surface area contributed by atoms with E-state index in [1.165, 1.54) is 25.3 Å². The molecule has 0 aliphatic carbocycles. The van der Waals surface area contributed by atoms with Gasteiger partial charge in [0.2, 0.25) is 5.91 Å². The molecule has 32 heavy (non-hydrogen) atoms. The molecule has 0 unspecified atom stereocenters. The lowest BCUT2D eigenvalue weighted by molar-refractivity contribution is -0.111. The molecule has 0 saturated carbocycles. The van der Waals surface area contributed by atoms with Gasteiger partial charge in [-0.25, -0.2) is 8.42 Å². The fraction of sp³-hybridized carbons (Fsp3) is 0.0833. The molecule has 162 valence electrons. The maximum Gasteiger partial charge on any atom is 0.262 e. The number of nitriles is 1. The minimum absolute atomic E-state index is 0.0856. The van der Waals surface area contributed by atoms with Gasteiger partial charge in [-0.2, -0.15) is 5.26 Å². The number of nitrogens with zero attached hydrogens (tertiary/aromatic N) is 1. The summed E-state index contributed by atoms with van der Waals surface area (Å²) in [5.41, 5.74) is 2.50. The van der Waals surface area contributed by atoms with E-state index in [4.69, 9.17) is 10.00 Å². The average Bonchev–Trinajstić information content (AvgIpc) is 2.79. The second-order valence-electron chi connectivity index (χ2n) is 6.73. The number of nitrogens with one attached hydrogen (secondary N) is 2. The number of hydrogen-bond donors (Lipinski definition) is 2. The lowest BCUT2D eigenvalue weighted by Gasteiger charge is -2.11. The summed E-state index contributed by atoms with van der Waals surface area (Å²) in [6, 6.07) is 22.0. The van der Waals surface area contributed by atoms with Crippen LogP contribution in [0.5, 0.6) is 5.75 Å². The van der Waals surface area contributed by atoms with Crippen LogP contribution in [0.1, 0.15) is 11.1 Å². The number of anilines is 2. The number of carbonyl (C=O) groups excluding carboxylic acids is 1. The van der Waals surface area contributed by atoms with Gasteiger partial charge in [-0.3, -0.25) is 9.52 Å². The van der Waals surface area contributed by atoms with Crippen molar-refractivity contribution in [3.8, 4) is 11.8 Å². The molecule has 0 heterocycles. The van der Waals surface area contributed by atoms with Crippen molar-refractivity contribution in [2.24, 2.45) is 0 Å². The molecule has 0 aromatic heterocycles. The van der Waals surface area contributed by atoms with Crippen LogP contribution in [0.4, 0.5) is 11.4 Å². The van der Waals surface area contributed by atoms with Crippen molar-refractivity contribution in [2.45, 2.75) is 11.3 Å². The van der Waals surface area contributed by atoms with Gasteiger partial charge in [0.15, 0.2) is 0 Å². The van der Waals surface area contributed by atoms with Gasteiger partial charge in [0.05, 0.1) is 30.2 Å². The quantitative estimate of drug-likeness (QED) is 0.503. The molecule has 0 atom stereocenters. The van der Waals surface area contributed by atoms with Gasteiger partial charge in [-0.1, -0.05) is 36.4 Å². The Morgan fingerprint density at radius 1 is 1.03 bits per heavy atom. The number of rotatable bonds is 8. The van der Waals surface area contributed by atoms with E-state index in [1.807, 2.05) is 0 Å². The van der Waals surface area contributed by atoms with Gasteiger partial charge in [0, 0.05) is 11.8 Å². The molecule has 0 aliphatic heterocycles. The molecule has 0 bridgehead atoms. The summed E-state index contributed by atoms with van der Waals surface area (Å²) in [6.07, 6.45) is 3.26. The Labute approximate surface area is 187 Å². The third kappa shape index (κ3) is 5.97. The number of hydrogen-bond acceptors (Lipinski definition) is 5. The molecule has 0 spiro atoms. The van der Waals surface area contributed by atoms with Crippen molar-refractivity contribution in [3.05, 3.63) is 90.0 Å². The first-order valence-corrected chi connectivity index (χ1v) is 11.1. The van der Waals surface area contributed by atoms with Crippen LogP contribution in [-0.4, -0.2) is 21.4 Å². The second kappa shape index (κ2) is 10.3. The van der Waals surface area contributed by atoms with Crippen LogP contribution in [0, 0.1) is 11.3 Å². The van der Waals surface area contributed by atoms with Crippen LogP contribution >= 0.6 is 0 Å². The molecule has 0 aliphatic rings. The standard InChI is InChI=1S/C24H21N3O4S/c1-31-23-5-3-2-4-22(23)27-32(29,30)21-13-8-18(9-14-21)10-15-24(28)26-20-11-6-19(7-12-20)16-17-25/h2-15,27H,16H2,1H3,(H,26,28)/b15-10+. The molecule has 3 rings (SSSR count). The number of amides is 1. The molecular formula is C24H21N3O4S. The van der Waals surface area contributed by atoms with Gasteiger partial charge in [0.1, 0.15) is 5.75 Å². The smallest absolute Gasteiger partial charge is 0.262 e. The first kappa shape index (κ1) is 22.6. The summed E-state index contributed by atoms with van der Waals surface area (Å²) in [6.45, 7) is 0. The number of para-hydroxylation sites is 2. The van der Waals surface area contributed by atoms with Crippen molar-refractivity contribution in [1.29, 1.82) is 5.26 Å². The van der Waals surface area contributed by atoms with E-state index in [0.29, 0.717) is 29.1 Å². The predicted molar refractivity (Wildman–Crippen MR) is 124 cm³/mol. The maximum atomic E-state index is 12.6. The third-order valence-corrected chi connectivity index (χ3v) is 5.85. The molecule has 3 aromatic rings.